The Kier molecular flexibility index (Phi) is 3.42. The van der Waals surface area contributed by atoms with Crippen LogP contribution in [0.25, 0.3) is 0 Å². The van der Waals surface area contributed by atoms with Crippen molar-refractivity contribution in [1.29, 1.82) is 0 Å². The topological polar surface area (TPSA) is 49.4 Å². The Balaban J connectivity index is 1.93. The minimum Gasteiger partial charge on any atom is -0.345 e. The van der Waals surface area contributed by atoms with Gasteiger partial charge in [0.1, 0.15) is 0 Å². The fourth-order valence-electron chi connectivity index (χ4n) is 1.94. The van der Waals surface area contributed by atoms with Crippen molar-refractivity contribution in [3.05, 3.63) is 35.4 Å². The van der Waals surface area contributed by atoms with E-state index < -0.39 is 0 Å². The first kappa shape index (κ1) is 11.6. The molecule has 1 aliphatic rings. The number of nitrogens with one attached hydrogen (secondary N) is 1. The lowest BCUT2D eigenvalue weighted by atomic mass is 10.1. The van der Waals surface area contributed by atoms with Gasteiger partial charge in [-0.25, -0.2) is 0 Å². The minimum absolute atomic E-state index is 0.00254. The van der Waals surface area contributed by atoms with E-state index in [4.69, 9.17) is 0 Å². The number of hydrogen-bond acceptors (Lipinski definition) is 2. The highest BCUT2D eigenvalue weighted by Crippen LogP contribution is 2.06. The van der Waals surface area contributed by atoms with Crippen molar-refractivity contribution in [2.45, 2.75) is 13.3 Å². The summed E-state index contributed by atoms with van der Waals surface area (Å²) >= 11 is 0. The Bertz CT molecular complexity index is 443. The van der Waals surface area contributed by atoms with Gasteiger partial charge in [-0.1, -0.05) is 29.8 Å². The lowest BCUT2D eigenvalue weighted by Gasteiger charge is -2.26. The van der Waals surface area contributed by atoms with Crippen molar-refractivity contribution in [2.24, 2.45) is 0 Å². The highest BCUT2D eigenvalue weighted by molar-refractivity contribution is 5.92. The number of rotatable bonds is 3. The van der Waals surface area contributed by atoms with Gasteiger partial charge in [0.05, 0.1) is 13.1 Å². The van der Waals surface area contributed by atoms with Gasteiger partial charge in [0.25, 0.3) is 0 Å². The zero-order valence-electron chi connectivity index (χ0n) is 9.90. The third kappa shape index (κ3) is 3.06. The van der Waals surface area contributed by atoms with Crippen LogP contribution >= 0.6 is 0 Å². The molecule has 2 rings (SSSR count). The number of hydrogen-bond donors (Lipinski definition) is 1. The zero-order chi connectivity index (χ0) is 12.3. The van der Waals surface area contributed by atoms with Crippen LogP contribution in [0.15, 0.2) is 24.3 Å². The molecule has 1 saturated heterocycles. The van der Waals surface area contributed by atoms with Crippen molar-refractivity contribution in [1.82, 2.24) is 10.2 Å². The molecule has 4 heteroatoms. The van der Waals surface area contributed by atoms with Gasteiger partial charge >= 0.3 is 0 Å². The van der Waals surface area contributed by atoms with E-state index in [2.05, 4.69) is 11.4 Å². The van der Waals surface area contributed by atoms with E-state index in [1.54, 1.807) is 4.90 Å². The Morgan fingerprint density at radius 1 is 1.35 bits per heavy atom. The zero-order valence-corrected chi connectivity index (χ0v) is 9.90. The van der Waals surface area contributed by atoms with Crippen LogP contribution in [0.2, 0.25) is 0 Å². The van der Waals surface area contributed by atoms with E-state index in [1.165, 1.54) is 11.1 Å². The van der Waals surface area contributed by atoms with Crippen LogP contribution in [0, 0.1) is 6.92 Å². The molecule has 1 N–H and O–H groups in total. The molecule has 0 bridgehead atoms. The van der Waals surface area contributed by atoms with Crippen molar-refractivity contribution < 1.29 is 9.59 Å². The molecule has 17 heavy (non-hydrogen) atoms. The number of piperazine rings is 1. The molecular weight excluding hydrogens is 216 g/mol. The monoisotopic (exact) mass is 232 g/mol. The Morgan fingerprint density at radius 3 is 2.94 bits per heavy atom. The molecule has 2 amide bonds. The number of carbonyl (C=O) groups is 2. The number of aryl methyl sites for hydroxylation is 1. The van der Waals surface area contributed by atoms with Crippen LogP contribution in [0.4, 0.5) is 0 Å². The van der Waals surface area contributed by atoms with Crippen LogP contribution in [-0.2, 0) is 16.0 Å². The van der Waals surface area contributed by atoms with Crippen molar-refractivity contribution in [2.75, 3.05) is 19.6 Å². The molecule has 0 aromatic heterocycles. The first-order valence-corrected chi connectivity index (χ1v) is 5.75. The number of benzene rings is 1. The fraction of sp³-hybridized carbons (Fsp3) is 0.385. The van der Waals surface area contributed by atoms with Gasteiger partial charge in [0, 0.05) is 6.54 Å². The third-order valence-corrected chi connectivity index (χ3v) is 2.88. The Morgan fingerprint density at radius 2 is 2.18 bits per heavy atom. The molecular formula is C13H16N2O2. The lowest BCUT2D eigenvalue weighted by Crippen LogP contribution is -2.51. The number of carbonyl (C=O) groups excluding carboxylic acids is 2. The molecule has 1 heterocycles. The van der Waals surface area contributed by atoms with Gasteiger partial charge in [-0.15, -0.1) is 0 Å². The summed E-state index contributed by atoms with van der Waals surface area (Å²) in [6, 6.07) is 8.20. The maximum absolute atomic E-state index is 11.5. The summed E-state index contributed by atoms with van der Waals surface area (Å²) in [5.41, 5.74) is 2.41. The van der Waals surface area contributed by atoms with Gasteiger partial charge in [-0.2, -0.15) is 0 Å². The van der Waals surface area contributed by atoms with Crippen LogP contribution in [0.1, 0.15) is 11.1 Å². The average Bonchev–Trinajstić information content (AvgIpc) is 2.30. The predicted molar refractivity (Wildman–Crippen MR) is 64.5 cm³/mol. The highest BCUT2D eigenvalue weighted by atomic mass is 16.2. The molecule has 0 atom stereocenters. The molecule has 0 unspecified atom stereocenters. The summed E-state index contributed by atoms with van der Waals surface area (Å²) < 4.78 is 0. The van der Waals surface area contributed by atoms with Gasteiger partial charge in [-0.3, -0.25) is 9.59 Å². The summed E-state index contributed by atoms with van der Waals surface area (Å²) in [5, 5.41) is 2.54. The molecule has 1 aromatic rings. The Hall–Kier alpha value is -1.84. The second-order valence-electron chi connectivity index (χ2n) is 4.33. The molecule has 0 radical (unpaired) electrons. The predicted octanol–water partition coefficient (Wildman–Crippen LogP) is 0.496. The number of nitrogens with zero attached hydrogens (tertiary/aromatic N) is 1. The van der Waals surface area contributed by atoms with Crippen LogP contribution in [0.3, 0.4) is 0 Å². The summed E-state index contributed by atoms with van der Waals surface area (Å²) in [5.74, 6) is -0.0777. The van der Waals surface area contributed by atoms with E-state index in [1.807, 2.05) is 25.1 Å². The standard InChI is InChI=1S/C13H16N2O2/c1-10-3-2-4-11(7-10)5-6-15-9-12(16)14-8-13(15)17/h2-4,7H,5-6,8-9H2,1H3,(H,14,16). The van der Waals surface area contributed by atoms with Gasteiger partial charge in [0.15, 0.2) is 0 Å². The largest absolute Gasteiger partial charge is 0.345 e. The van der Waals surface area contributed by atoms with Gasteiger partial charge < -0.3 is 10.2 Å². The average molecular weight is 232 g/mol. The Labute approximate surface area is 101 Å². The number of amides is 2. The van der Waals surface area contributed by atoms with Crippen LogP contribution in [-0.4, -0.2) is 36.3 Å². The van der Waals surface area contributed by atoms with E-state index in [0.717, 1.165) is 6.42 Å². The maximum atomic E-state index is 11.5. The molecule has 1 aromatic carbocycles. The summed E-state index contributed by atoms with van der Waals surface area (Å²) in [7, 11) is 0. The van der Waals surface area contributed by atoms with Crippen LogP contribution < -0.4 is 5.32 Å². The molecule has 90 valence electrons. The van der Waals surface area contributed by atoms with Crippen LogP contribution in [0.5, 0.6) is 0 Å². The maximum Gasteiger partial charge on any atom is 0.242 e. The second-order valence-corrected chi connectivity index (χ2v) is 4.33. The third-order valence-electron chi connectivity index (χ3n) is 2.88. The second kappa shape index (κ2) is 4.99. The quantitative estimate of drug-likeness (QED) is 0.825. The SMILES string of the molecule is Cc1cccc(CCN2CC(=O)NCC2=O)c1. The first-order valence-electron chi connectivity index (χ1n) is 5.75. The van der Waals surface area contributed by atoms with Crippen molar-refractivity contribution in [3.8, 4) is 0 Å². The van der Waals surface area contributed by atoms with E-state index in [0.29, 0.717) is 6.54 Å². The van der Waals surface area contributed by atoms with E-state index >= 15 is 0 Å². The summed E-state index contributed by atoms with van der Waals surface area (Å²) in [4.78, 5) is 24.3. The summed E-state index contributed by atoms with van der Waals surface area (Å²) in [6.07, 6.45) is 0.792. The summed E-state index contributed by atoms with van der Waals surface area (Å²) in [6.45, 7) is 2.97. The highest BCUT2D eigenvalue weighted by Gasteiger charge is 2.22. The van der Waals surface area contributed by atoms with E-state index in [-0.39, 0.29) is 24.9 Å². The van der Waals surface area contributed by atoms with Crippen molar-refractivity contribution in [3.63, 3.8) is 0 Å². The molecule has 0 spiro atoms. The minimum atomic E-state index is -0.0751. The molecule has 0 aliphatic carbocycles. The molecule has 1 fully saturated rings. The molecule has 1 aliphatic heterocycles. The smallest absolute Gasteiger partial charge is 0.242 e. The van der Waals surface area contributed by atoms with Crippen molar-refractivity contribution >= 4 is 11.8 Å². The molecule has 4 nitrogen and oxygen atoms in total. The van der Waals surface area contributed by atoms with Gasteiger partial charge in [0.2, 0.25) is 11.8 Å². The molecule has 0 saturated carbocycles. The lowest BCUT2D eigenvalue weighted by molar-refractivity contribution is -0.140. The fourth-order valence-corrected chi connectivity index (χ4v) is 1.94. The first-order chi connectivity index (χ1) is 8.15. The normalized spacial score (nSPS) is 15.9. The van der Waals surface area contributed by atoms with E-state index in [9.17, 15) is 9.59 Å². The van der Waals surface area contributed by atoms with Gasteiger partial charge in [-0.05, 0) is 18.9 Å².